The number of carbonyl (C=O) groups excluding carboxylic acids is 1. The van der Waals surface area contributed by atoms with E-state index in [2.05, 4.69) is 0 Å². The van der Waals surface area contributed by atoms with Crippen LogP contribution in [0.5, 0.6) is 5.75 Å². The molecule has 1 aromatic heterocycles. The highest BCUT2D eigenvalue weighted by Gasteiger charge is 2.41. The maximum atomic E-state index is 14.3. The summed E-state index contributed by atoms with van der Waals surface area (Å²) in [6.45, 7) is 1.62. The molecule has 4 aromatic rings. The number of aromatic nitrogens is 1. The Kier molecular flexibility index (Phi) is 8.70. The van der Waals surface area contributed by atoms with E-state index < -0.39 is 42.7 Å². The maximum Gasteiger partial charge on any atom is 0.357 e. The van der Waals surface area contributed by atoms with E-state index in [0.29, 0.717) is 9.32 Å². The second-order valence-corrected chi connectivity index (χ2v) is 14.0. The Morgan fingerprint density at radius 2 is 1.66 bits per heavy atom. The van der Waals surface area contributed by atoms with Gasteiger partial charge in [-0.05, 0) is 72.0 Å². The molecule has 0 saturated carbocycles. The molecule has 1 fully saturated rings. The molecule has 1 aliphatic rings. The number of halogens is 1. The third-order valence-corrected chi connectivity index (χ3v) is 10.8. The van der Waals surface area contributed by atoms with E-state index in [1.165, 1.54) is 22.5 Å². The highest BCUT2D eigenvalue weighted by Crippen LogP contribution is 2.37. The molecule has 0 radical (unpaired) electrons. The summed E-state index contributed by atoms with van der Waals surface area (Å²) in [7, 11) is -8.84. The number of nitrogens with zero attached hydrogens (tertiary/aromatic N) is 2. The molecule has 216 valence electrons. The van der Waals surface area contributed by atoms with Gasteiger partial charge in [0, 0.05) is 22.0 Å². The lowest BCUT2D eigenvalue weighted by Gasteiger charge is -2.32. The Bertz CT molecular complexity index is 1780. The van der Waals surface area contributed by atoms with Crippen LogP contribution in [0.15, 0.2) is 88.7 Å². The second kappa shape index (κ2) is 12.1. The number of hydrogen-bond acceptors (Lipinski definition) is 8. The van der Waals surface area contributed by atoms with Crippen molar-refractivity contribution >= 4 is 59.5 Å². The van der Waals surface area contributed by atoms with Crippen molar-refractivity contribution in [3.63, 3.8) is 0 Å². The molecule has 13 heteroatoms. The molecule has 0 spiro atoms. The van der Waals surface area contributed by atoms with E-state index in [1.54, 1.807) is 49.4 Å². The molecule has 0 aliphatic carbocycles. The van der Waals surface area contributed by atoms with E-state index in [-0.39, 0.29) is 48.7 Å². The molecule has 0 bridgehead atoms. The van der Waals surface area contributed by atoms with Gasteiger partial charge in [-0.2, -0.15) is 4.31 Å². The van der Waals surface area contributed by atoms with Gasteiger partial charge in [0.15, 0.2) is 5.69 Å². The SMILES string of the molecule is CCOC(=O)c1c(S(=O)(=O)N2CCOC(COc3ccccc3)C2)c2cc(I)ccc2n1S(=O)(=O)c1ccccc1. The first kappa shape index (κ1) is 29.5. The summed E-state index contributed by atoms with van der Waals surface area (Å²) in [5, 5.41) is 0.100. The van der Waals surface area contributed by atoms with Crippen LogP contribution in [0.1, 0.15) is 17.4 Å². The zero-order valence-corrected chi connectivity index (χ0v) is 25.8. The molecule has 1 aliphatic heterocycles. The van der Waals surface area contributed by atoms with Crippen molar-refractivity contribution in [2.24, 2.45) is 0 Å². The number of sulfonamides is 1. The minimum absolute atomic E-state index is 0.00840. The largest absolute Gasteiger partial charge is 0.491 e. The van der Waals surface area contributed by atoms with Gasteiger partial charge in [0.25, 0.3) is 10.0 Å². The zero-order chi connectivity index (χ0) is 29.2. The number of morpholine rings is 1. The van der Waals surface area contributed by atoms with Gasteiger partial charge in [0.1, 0.15) is 23.4 Å². The van der Waals surface area contributed by atoms with Crippen LogP contribution in [-0.4, -0.2) is 70.1 Å². The van der Waals surface area contributed by atoms with Gasteiger partial charge >= 0.3 is 5.97 Å². The average Bonchev–Trinajstić information content (AvgIpc) is 3.33. The number of rotatable bonds is 9. The molecule has 1 atom stereocenters. The maximum absolute atomic E-state index is 14.3. The van der Waals surface area contributed by atoms with Crippen LogP contribution < -0.4 is 4.74 Å². The Labute approximate surface area is 252 Å². The van der Waals surface area contributed by atoms with Crippen molar-refractivity contribution in [2.45, 2.75) is 22.8 Å². The van der Waals surface area contributed by atoms with Gasteiger partial charge < -0.3 is 14.2 Å². The van der Waals surface area contributed by atoms with Crippen LogP contribution in [0.4, 0.5) is 0 Å². The molecule has 1 saturated heterocycles. The number of para-hydroxylation sites is 1. The molecular weight excluding hydrogens is 683 g/mol. The molecule has 3 aromatic carbocycles. The summed E-state index contributed by atoms with van der Waals surface area (Å²) in [5.41, 5.74) is -0.524. The zero-order valence-electron chi connectivity index (χ0n) is 22.0. The number of esters is 1. The lowest BCUT2D eigenvalue weighted by Crippen LogP contribution is -2.47. The number of benzene rings is 3. The number of ether oxygens (including phenoxy) is 3. The Balaban J connectivity index is 1.64. The molecule has 1 unspecified atom stereocenters. The molecular formula is C28H27IN2O8S2. The van der Waals surface area contributed by atoms with Gasteiger partial charge in [-0.25, -0.2) is 25.6 Å². The highest BCUT2D eigenvalue weighted by molar-refractivity contribution is 14.1. The van der Waals surface area contributed by atoms with Crippen molar-refractivity contribution in [1.29, 1.82) is 0 Å². The third kappa shape index (κ3) is 5.86. The fourth-order valence-electron chi connectivity index (χ4n) is 4.64. The van der Waals surface area contributed by atoms with Gasteiger partial charge in [-0.1, -0.05) is 36.4 Å². The summed E-state index contributed by atoms with van der Waals surface area (Å²) in [4.78, 5) is 12.9. The Hall–Kier alpha value is -2.98. The number of hydrogen-bond donors (Lipinski definition) is 0. The quantitative estimate of drug-likeness (QED) is 0.188. The van der Waals surface area contributed by atoms with E-state index in [0.717, 1.165) is 3.97 Å². The van der Waals surface area contributed by atoms with Crippen LogP contribution in [0.3, 0.4) is 0 Å². The van der Waals surface area contributed by atoms with Crippen LogP contribution in [-0.2, 0) is 29.5 Å². The van der Waals surface area contributed by atoms with Crippen molar-refractivity contribution in [1.82, 2.24) is 8.28 Å². The first-order valence-corrected chi connectivity index (χ1v) is 16.7. The lowest BCUT2D eigenvalue weighted by molar-refractivity contribution is -0.0249. The molecule has 5 rings (SSSR count). The van der Waals surface area contributed by atoms with E-state index in [9.17, 15) is 21.6 Å². The molecule has 0 N–H and O–H groups in total. The predicted molar refractivity (Wildman–Crippen MR) is 160 cm³/mol. The van der Waals surface area contributed by atoms with Crippen molar-refractivity contribution in [2.75, 3.05) is 32.9 Å². The molecule has 2 heterocycles. The second-order valence-electron chi connectivity index (χ2n) is 9.12. The summed E-state index contributed by atoms with van der Waals surface area (Å²) >= 11 is 2.01. The van der Waals surface area contributed by atoms with Crippen LogP contribution >= 0.6 is 22.6 Å². The number of fused-ring (bicyclic) bond motifs is 1. The van der Waals surface area contributed by atoms with E-state index >= 15 is 0 Å². The van der Waals surface area contributed by atoms with Crippen LogP contribution in [0, 0.1) is 3.57 Å². The fourth-order valence-corrected chi connectivity index (χ4v) is 8.52. The topological polar surface area (TPSA) is 121 Å². The Morgan fingerprint density at radius 1 is 0.976 bits per heavy atom. The van der Waals surface area contributed by atoms with Gasteiger partial charge in [0.2, 0.25) is 10.0 Å². The first-order valence-electron chi connectivity index (χ1n) is 12.8. The first-order chi connectivity index (χ1) is 19.6. The van der Waals surface area contributed by atoms with Gasteiger partial charge in [-0.15, -0.1) is 0 Å². The standard InChI is InChI=1S/C28H27IN2O8S2/c1-2-37-28(32)26-27(41(35,36)30-15-16-38-22(18-30)19-39-21-9-5-3-6-10-21)24-17-20(29)13-14-25(24)31(26)40(33,34)23-11-7-4-8-12-23/h3-14,17,22H,2,15-16,18-19H2,1H3. The van der Waals surface area contributed by atoms with Crippen LogP contribution in [0.2, 0.25) is 0 Å². The smallest absolute Gasteiger partial charge is 0.357 e. The summed E-state index contributed by atoms with van der Waals surface area (Å²) < 4.78 is 76.1. The normalized spacial score (nSPS) is 16.5. The van der Waals surface area contributed by atoms with E-state index in [4.69, 9.17) is 14.2 Å². The molecule has 41 heavy (non-hydrogen) atoms. The predicted octanol–water partition coefficient (Wildman–Crippen LogP) is 4.13. The average molecular weight is 711 g/mol. The summed E-state index contributed by atoms with van der Waals surface area (Å²) in [6, 6.07) is 21.3. The molecule has 10 nitrogen and oxygen atoms in total. The highest BCUT2D eigenvalue weighted by atomic mass is 127. The fraction of sp³-hybridized carbons (Fsp3) is 0.250. The summed E-state index contributed by atoms with van der Waals surface area (Å²) in [5.74, 6) is -0.446. The van der Waals surface area contributed by atoms with Crippen molar-refractivity contribution in [3.05, 3.63) is 88.1 Å². The minimum Gasteiger partial charge on any atom is -0.491 e. The van der Waals surface area contributed by atoms with Gasteiger partial charge in [-0.3, -0.25) is 0 Å². The van der Waals surface area contributed by atoms with Crippen LogP contribution in [0.25, 0.3) is 10.9 Å². The number of carbonyl (C=O) groups is 1. The third-order valence-electron chi connectivity index (χ3n) is 6.47. The van der Waals surface area contributed by atoms with Gasteiger partial charge in [0.05, 0.1) is 23.6 Å². The van der Waals surface area contributed by atoms with E-state index in [1.807, 2.05) is 40.8 Å². The summed E-state index contributed by atoms with van der Waals surface area (Å²) in [6.07, 6.45) is -0.591. The minimum atomic E-state index is -4.43. The lowest BCUT2D eigenvalue weighted by atomic mass is 10.2. The monoisotopic (exact) mass is 710 g/mol. The van der Waals surface area contributed by atoms with Crippen molar-refractivity contribution < 1.29 is 35.8 Å². The Morgan fingerprint density at radius 3 is 2.34 bits per heavy atom. The molecule has 0 amide bonds. The van der Waals surface area contributed by atoms with Crippen molar-refractivity contribution in [3.8, 4) is 5.75 Å².